The predicted molar refractivity (Wildman–Crippen MR) is 77.2 cm³/mol. The number of benzene rings is 1. The minimum Gasteiger partial charge on any atom is -0.291 e. The zero-order valence-electron chi connectivity index (χ0n) is 12.4. The van der Waals surface area contributed by atoms with Crippen LogP contribution in [0.3, 0.4) is 0 Å². The average Bonchev–Trinajstić information content (AvgIpc) is 2.77. The number of carbonyl (C=O) groups is 2. The van der Waals surface area contributed by atoms with E-state index in [1.165, 1.54) is 6.07 Å². The van der Waals surface area contributed by atoms with Gasteiger partial charge in [0.05, 0.1) is 18.2 Å². The first kappa shape index (κ1) is 15.1. The largest absolute Gasteiger partial charge is 0.291 e. The number of hydrogen-bond donors (Lipinski definition) is 0. The summed E-state index contributed by atoms with van der Waals surface area (Å²) in [4.78, 5) is 27.8. The molecule has 2 saturated heterocycles. The van der Waals surface area contributed by atoms with Crippen molar-refractivity contribution >= 4 is 17.5 Å². The van der Waals surface area contributed by atoms with E-state index in [1.807, 2.05) is 4.90 Å². The van der Waals surface area contributed by atoms with Gasteiger partial charge in [-0.1, -0.05) is 6.92 Å². The maximum absolute atomic E-state index is 13.4. The van der Waals surface area contributed by atoms with Gasteiger partial charge in [0, 0.05) is 12.6 Å². The van der Waals surface area contributed by atoms with Gasteiger partial charge in [0.1, 0.15) is 0 Å². The minimum absolute atomic E-state index is 0.0986. The number of nitrogens with zero attached hydrogens (tertiary/aromatic N) is 2. The molecule has 2 aliphatic heterocycles. The normalized spacial score (nSPS) is 26.8. The summed E-state index contributed by atoms with van der Waals surface area (Å²) in [5.41, 5.74) is 0.0986. The van der Waals surface area contributed by atoms with Crippen molar-refractivity contribution < 1.29 is 18.4 Å². The highest BCUT2D eigenvalue weighted by molar-refractivity contribution is 6.22. The number of rotatable bonds is 2. The maximum atomic E-state index is 13.4. The third-order valence-electron chi connectivity index (χ3n) is 4.41. The number of anilines is 1. The molecular formula is C16H18F2N2O2. The topological polar surface area (TPSA) is 40.6 Å². The molecule has 4 nitrogen and oxygen atoms in total. The van der Waals surface area contributed by atoms with Gasteiger partial charge in [-0.25, -0.2) is 13.7 Å². The average molecular weight is 308 g/mol. The maximum Gasteiger partial charge on any atom is 0.251 e. The van der Waals surface area contributed by atoms with Crippen molar-refractivity contribution in [2.75, 3.05) is 18.0 Å². The Labute approximate surface area is 127 Å². The Morgan fingerprint density at radius 3 is 2.64 bits per heavy atom. The summed E-state index contributed by atoms with van der Waals surface area (Å²) >= 11 is 0. The molecule has 2 atom stereocenters. The van der Waals surface area contributed by atoms with Crippen LogP contribution in [0.1, 0.15) is 26.2 Å². The molecule has 0 aliphatic carbocycles. The van der Waals surface area contributed by atoms with Crippen LogP contribution in [0.15, 0.2) is 18.2 Å². The quantitative estimate of drug-likeness (QED) is 0.787. The standard InChI is InChI=1S/C16H18F2N2O2/c1-10-3-2-6-19(9-10)14-8-15(21)20(16(14)22)11-4-5-12(17)13(18)7-11/h4-5,7,10,14H,2-3,6,8-9H2,1H3/t10-,14-/m1/s1. The van der Waals surface area contributed by atoms with Crippen molar-refractivity contribution in [3.8, 4) is 0 Å². The molecule has 2 heterocycles. The highest BCUT2D eigenvalue weighted by atomic mass is 19.2. The molecule has 2 aliphatic rings. The molecule has 0 unspecified atom stereocenters. The van der Waals surface area contributed by atoms with Crippen molar-refractivity contribution in [2.45, 2.75) is 32.2 Å². The SMILES string of the molecule is C[C@@H]1CCCN([C@@H]2CC(=O)N(c3ccc(F)c(F)c3)C2=O)C1. The second-order valence-corrected chi connectivity index (χ2v) is 6.13. The lowest BCUT2D eigenvalue weighted by Crippen LogP contribution is -2.46. The Hall–Kier alpha value is -1.82. The van der Waals surface area contributed by atoms with Crippen LogP contribution in [0.2, 0.25) is 0 Å². The first-order chi connectivity index (χ1) is 10.5. The molecule has 0 N–H and O–H groups in total. The summed E-state index contributed by atoms with van der Waals surface area (Å²) in [6.07, 6.45) is 2.23. The fourth-order valence-corrected chi connectivity index (χ4v) is 3.31. The summed E-state index contributed by atoms with van der Waals surface area (Å²) in [7, 11) is 0. The van der Waals surface area contributed by atoms with E-state index >= 15 is 0 Å². The molecule has 0 saturated carbocycles. The molecule has 22 heavy (non-hydrogen) atoms. The van der Waals surface area contributed by atoms with Gasteiger partial charge in [-0.05, 0) is 37.4 Å². The predicted octanol–water partition coefficient (Wildman–Crippen LogP) is 2.33. The Kier molecular flexibility index (Phi) is 3.95. The van der Waals surface area contributed by atoms with Gasteiger partial charge >= 0.3 is 0 Å². The fraction of sp³-hybridized carbons (Fsp3) is 0.500. The lowest BCUT2D eigenvalue weighted by atomic mass is 9.98. The molecule has 1 aromatic carbocycles. The van der Waals surface area contributed by atoms with Crippen LogP contribution in [0.5, 0.6) is 0 Å². The summed E-state index contributed by atoms with van der Waals surface area (Å²) in [6.45, 7) is 3.70. The Morgan fingerprint density at radius 2 is 1.95 bits per heavy atom. The van der Waals surface area contributed by atoms with Crippen molar-refractivity contribution in [1.82, 2.24) is 4.90 Å². The molecule has 1 aromatic rings. The monoisotopic (exact) mass is 308 g/mol. The lowest BCUT2D eigenvalue weighted by Gasteiger charge is -2.34. The fourth-order valence-electron chi connectivity index (χ4n) is 3.31. The van der Waals surface area contributed by atoms with E-state index in [0.717, 1.165) is 43.0 Å². The molecular weight excluding hydrogens is 290 g/mol. The third-order valence-corrected chi connectivity index (χ3v) is 4.41. The zero-order valence-corrected chi connectivity index (χ0v) is 12.4. The zero-order chi connectivity index (χ0) is 15.9. The van der Waals surface area contributed by atoms with E-state index in [-0.39, 0.29) is 23.9 Å². The van der Waals surface area contributed by atoms with E-state index in [1.54, 1.807) is 0 Å². The number of imide groups is 1. The van der Waals surface area contributed by atoms with Crippen LogP contribution in [0.4, 0.5) is 14.5 Å². The Balaban J connectivity index is 1.83. The number of amides is 2. The molecule has 3 rings (SSSR count). The first-order valence-corrected chi connectivity index (χ1v) is 7.53. The molecule has 0 bridgehead atoms. The summed E-state index contributed by atoms with van der Waals surface area (Å²) in [5.74, 6) is -2.27. The van der Waals surface area contributed by atoms with E-state index in [0.29, 0.717) is 5.92 Å². The molecule has 6 heteroatoms. The van der Waals surface area contributed by atoms with Gasteiger partial charge in [-0.2, -0.15) is 0 Å². The van der Waals surface area contributed by atoms with Crippen molar-refractivity contribution in [3.05, 3.63) is 29.8 Å². The van der Waals surface area contributed by atoms with Gasteiger partial charge in [0.15, 0.2) is 11.6 Å². The van der Waals surface area contributed by atoms with Crippen LogP contribution in [-0.2, 0) is 9.59 Å². The Bertz CT molecular complexity index is 620. The summed E-state index contributed by atoms with van der Waals surface area (Å²) in [6, 6.07) is 2.60. The van der Waals surface area contributed by atoms with E-state index < -0.39 is 17.7 Å². The summed E-state index contributed by atoms with van der Waals surface area (Å²) in [5, 5.41) is 0. The first-order valence-electron chi connectivity index (χ1n) is 7.53. The highest BCUT2D eigenvalue weighted by Crippen LogP contribution is 2.29. The number of likely N-dealkylation sites (tertiary alicyclic amines) is 1. The lowest BCUT2D eigenvalue weighted by molar-refractivity contribution is -0.123. The van der Waals surface area contributed by atoms with Gasteiger partial charge < -0.3 is 0 Å². The molecule has 0 radical (unpaired) electrons. The number of carbonyl (C=O) groups excluding carboxylic acids is 2. The van der Waals surface area contributed by atoms with Crippen LogP contribution >= 0.6 is 0 Å². The van der Waals surface area contributed by atoms with Gasteiger partial charge in [-0.15, -0.1) is 0 Å². The molecule has 2 amide bonds. The molecule has 0 spiro atoms. The van der Waals surface area contributed by atoms with Gasteiger partial charge in [0.25, 0.3) is 5.91 Å². The van der Waals surface area contributed by atoms with Gasteiger partial charge in [-0.3, -0.25) is 14.5 Å². The van der Waals surface area contributed by atoms with Crippen molar-refractivity contribution in [2.24, 2.45) is 5.92 Å². The van der Waals surface area contributed by atoms with E-state index in [4.69, 9.17) is 0 Å². The van der Waals surface area contributed by atoms with E-state index in [2.05, 4.69) is 6.92 Å². The second kappa shape index (κ2) is 5.76. The van der Waals surface area contributed by atoms with Gasteiger partial charge in [0.2, 0.25) is 5.91 Å². The van der Waals surface area contributed by atoms with Crippen molar-refractivity contribution in [1.29, 1.82) is 0 Å². The molecule has 2 fully saturated rings. The highest BCUT2D eigenvalue weighted by Gasteiger charge is 2.43. The number of piperidine rings is 1. The van der Waals surface area contributed by atoms with Crippen LogP contribution in [0.25, 0.3) is 0 Å². The van der Waals surface area contributed by atoms with Crippen LogP contribution < -0.4 is 4.90 Å². The van der Waals surface area contributed by atoms with Crippen LogP contribution in [-0.4, -0.2) is 35.8 Å². The third kappa shape index (κ3) is 2.63. The summed E-state index contributed by atoms with van der Waals surface area (Å²) < 4.78 is 26.4. The number of hydrogen-bond acceptors (Lipinski definition) is 3. The number of halogens is 2. The minimum atomic E-state index is -1.06. The Morgan fingerprint density at radius 1 is 1.18 bits per heavy atom. The van der Waals surface area contributed by atoms with E-state index in [9.17, 15) is 18.4 Å². The van der Waals surface area contributed by atoms with Crippen LogP contribution in [0, 0.1) is 17.6 Å². The molecule has 0 aromatic heterocycles. The van der Waals surface area contributed by atoms with Crippen molar-refractivity contribution in [3.63, 3.8) is 0 Å². The molecule has 118 valence electrons. The second-order valence-electron chi connectivity index (χ2n) is 6.13. The smallest absolute Gasteiger partial charge is 0.251 e.